The summed E-state index contributed by atoms with van der Waals surface area (Å²) >= 11 is 1.28. The molecule has 1 aliphatic rings. The molecule has 0 spiro atoms. The Morgan fingerprint density at radius 1 is 1.47 bits per heavy atom. The zero-order chi connectivity index (χ0) is 12.5. The van der Waals surface area contributed by atoms with E-state index in [4.69, 9.17) is 0 Å². The molecule has 6 heteroatoms. The third-order valence-electron chi connectivity index (χ3n) is 2.97. The van der Waals surface area contributed by atoms with Crippen molar-refractivity contribution in [2.24, 2.45) is 5.92 Å². The summed E-state index contributed by atoms with van der Waals surface area (Å²) in [5.41, 5.74) is 1.01. The zero-order valence-corrected chi connectivity index (χ0v) is 11.7. The van der Waals surface area contributed by atoms with Crippen LogP contribution in [0.15, 0.2) is 15.7 Å². The van der Waals surface area contributed by atoms with Crippen molar-refractivity contribution < 1.29 is 8.42 Å². The first kappa shape index (κ1) is 13.0. The van der Waals surface area contributed by atoms with Gasteiger partial charge in [0.2, 0.25) is 10.0 Å². The molecule has 0 saturated heterocycles. The molecular weight excluding hydrogens is 256 g/mol. The van der Waals surface area contributed by atoms with Crippen molar-refractivity contribution >= 4 is 21.4 Å². The summed E-state index contributed by atoms with van der Waals surface area (Å²) in [6.07, 6.45) is 1.90. The lowest BCUT2D eigenvalue weighted by Gasteiger charge is -2.32. The molecule has 0 unspecified atom stereocenters. The molecule has 2 rings (SSSR count). The molecule has 1 aliphatic carbocycles. The third-order valence-corrected chi connectivity index (χ3v) is 5.98. The van der Waals surface area contributed by atoms with Gasteiger partial charge in [-0.3, -0.25) is 0 Å². The van der Waals surface area contributed by atoms with E-state index in [-0.39, 0.29) is 6.04 Å². The molecule has 1 saturated carbocycles. The molecule has 0 amide bonds. The fraction of sp³-hybridized carbons (Fsp3) is 0.636. The highest BCUT2D eigenvalue weighted by molar-refractivity contribution is 7.91. The second-order valence-electron chi connectivity index (χ2n) is 4.70. The number of hydrogen-bond donors (Lipinski definition) is 2. The highest BCUT2D eigenvalue weighted by Crippen LogP contribution is 2.29. The van der Waals surface area contributed by atoms with Crippen LogP contribution in [0.25, 0.3) is 0 Å². The van der Waals surface area contributed by atoms with Gasteiger partial charge in [0.1, 0.15) is 4.21 Å². The van der Waals surface area contributed by atoms with Crippen molar-refractivity contribution in [1.82, 2.24) is 10.0 Å². The molecule has 96 valence electrons. The standard InChI is InChI=1S/C11H18N2O2S2/c1-8-3-10(4-8)13-17(14,15)11-5-9(6-12-2)7-16-11/h5,7-8,10,12-13H,3-4,6H2,1-2H3. The molecular formula is C11H18N2O2S2. The van der Waals surface area contributed by atoms with Gasteiger partial charge < -0.3 is 5.32 Å². The van der Waals surface area contributed by atoms with Crippen LogP contribution in [0, 0.1) is 5.92 Å². The smallest absolute Gasteiger partial charge is 0.250 e. The van der Waals surface area contributed by atoms with E-state index in [2.05, 4.69) is 17.0 Å². The van der Waals surface area contributed by atoms with E-state index in [1.165, 1.54) is 11.3 Å². The molecule has 1 aromatic rings. The normalized spacial score (nSPS) is 24.6. The van der Waals surface area contributed by atoms with Crippen LogP contribution in [0.5, 0.6) is 0 Å². The summed E-state index contributed by atoms with van der Waals surface area (Å²) in [6.45, 7) is 2.84. The molecule has 2 N–H and O–H groups in total. The van der Waals surface area contributed by atoms with Gasteiger partial charge in [0, 0.05) is 12.6 Å². The third kappa shape index (κ3) is 3.07. The molecule has 1 heterocycles. The van der Waals surface area contributed by atoms with Crippen molar-refractivity contribution in [1.29, 1.82) is 0 Å². The van der Waals surface area contributed by atoms with E-state index in [0.29, 0.717) is 16.7 Å². The molecule has 0 aliphatic heterocycles. The van der Waals surface area contributed by atoms with Crippen molar-refractivity contribution in [2.75, 3.05) is 7.05 Å². The van der Waals surface area contributed by atoms with Gasteiger partial charge in [-0.25, -0.2) is 13.1 Å². The first-order chi connectivity index (χ1) is 8.01. The SMILES string of the molecule is CNCc1csc(S(=O)(=O)NC2CC(C)C2)c1. The average molecular weight is 274 g/mol. The highest BCUT2D eigenvalue weighted by Gasteiger charge is 2.30. The fourth-order valence-electron chi connectivity index (χ4n) is 2.07. The lowest BCUT2D eigenvalue weighted by Crippen LogP contribution is -2.43. The van der Waals surface area contributed by atoms with Crippen LogP contribution in [-0.2, 0) is 16.6 Å². The fourth-order valence-corrected chi connectivity index (χ4v) is 4.55. The second kappa shape index (κ2) is 5.06. The van der Waals surface area contributed by atoms with E-state index in [9.17, 15) is 8.42 Å². The van der Waals surface area contributed by atoms with E-state index < -0.39 is 10.0 Å². The Morgan fingerprint density at radius 3 is 2.76 bits per heavy atom. The van der Waals surface area contributed by atoms with Crippen molar-refractivity contribution in [3.05, 3.63) is 17.0 Å². The number of nitrogens with one attached hydrogen (secondary N) is 2. The highest BCUT2D eigenvalue weighted by atomic mass is 32.2. The Balaban J connectivity index is 2.03. The summed E-state index contributed by atoms with van der Waals surface area (Å²) in [5.74, 6) is 0.644. The monoisotopic (exact) mass is 274 g/mol. The lowest BCUT2D eigenvalue weighted by molar-refractivity contribution is 0.270. The van der Waals surface area contributed by atoms with Crippen LogP contribution in [0.2, 0.25) is 0 Å². The molecule has 0 radical (unpaired) electrons. The molecule has 4 nitrogen and oxygen atoms in total. The minimum absolute atomic E-state index is 0.129. The maximum Gasteiger partial charge on any atom is 0.250 e. The van der Waals surface area contributed by atoms with Crippen LogP contribution >= 0.6 is 11.3 Å². The van der Waals surface area contributed by atoms with Gasteiger partial charge in [0.25, 0.3) is 0 Å². The quantitative estimate of drug-likeness (QED) is 0.856. The minimum atomic E-state index is -3.30. The second-order valence-corrected chi connectivity index (χ2v) is 7.55. The topological polar surface area (TPSA) is 58.2 Å². The van der Waals surface area contributed by atoms with Gasteiger partial charge in [-0.1, -0.05) is 6.92 Å². The van der Waals surface area contributed by atoms with E-state index in [1.807, 2.05) is 12.4 Å². The molecule has 0 atom stereocenters. The predicted octanol–water partition coefficient (Wildman–Crippen LogP) is 1.54. The van der Waals surface area contributed by atoms with Gasteiger partial charge in [-0.05, 0) is 42.8 Å². The Kier molecular flexibility index (Phi) is 3.87. The first-order valence-electron chi connectivity index (χ1n) is 5.75. The molecule has 0 aromatic carbocycles. The maximum absolute atomic E-state index is 12.0. The number of hydrogen-bond acceptors (Lipinski definition) is 4. The zero-order valence-electron chi connectivity index (χ0n) is 10.1. The summed E-state index contributed by atoms with van der Waals surface area (Å²) in [6, 6.07) is 1.87. The van der Waals surface area contributed by atoms with Gasteiger partial charge in [-0.15, -0.1) is 11.3 Å². The summed E-state index contributed by atoms with van der Waals surface area (Å²) in [4.78, 5) is 0. The van der Waals surface area contributed by atoms with Gasteiger partial charge in [-0.2, -0.15) is 0 Å². The Bertz CT molecular complexity index is 475. The van der Waals surface area contributed by atoms with Crippen LogP contribution in [-0.4, -0.2) is 21.5 Å². The van der Waals surface area contributed by atoms with Gasteiger partial charge in [0.15, 0.2) is 0 Å². The number of thiophene rings is 1. The van der Waals surface area contributed by atoms with E-state index >= 15 is 0 Å². The van der Waals surface area contributed by atoms with Crippen LogP contribution < -0.4 is 10.0 Å². The van der Waals surface area contributed by atoms with Crippen molar-refractivity contribution in [3.8, 4) is 0 Å². The van der Waals surface area contributed by atoms with Crippen LogP contribution in [0.4, 0.5) is 0 Å². The summed E-state index contributed by atoms with van der Waals surface area (Å²) in [7, 11) is -1.45. The lowest BCUT2D eigenvalue weighted by atomic mass is 9.83. The maximum atomic E-state index is 12.0. The van der Waals surface area contributed by atoms with Crippen LogP contribution in [0.1, 0.15) is 25.3 Å². The van der Waals surface area contributed by atoms with E-state index in [0.717, 1.165) is 18.4 Å². The first-order valence-corrected chi connectivity index (χ1v) is 8.12. The predicted molar refractivity (Wildman–Crippen MR) is 69.6 cm³/mol. The van der Waals surface area contributed by atoms with Gasteiger partial charge in [0.05, 0.1) is 0 Å². The van der Waals surface area contributed by atoms with E-state index in [1.54, 1.807) is 6.07 Å². The Morgan fingerprint density at radius 2 is 2.18 bits per heavy atom. The summed E-state index contributed by atoms with van der Waals surface area (Å²) < 4.78 is 27.3. The molecule has 0 bridgehead atoms. The Hall–Kier alpha value is -0.430. The van der Waals surface area contributed by atoms with Crippen LogP contribution in [0.3, 0.4) is 0 Å². The summed E-state index contributed by atoms with van der Waals surface area (Å²) in [5, 5.41) is 4.89. The largest absolute Gasteiger partial charge is 0.316 e. The molecule has 1 aromatic heterocycles. The number of rotatable bonds is 5. The molecule has 1 fully saturated rings. The average Bonchev–Trinajstić information content (AvgIpc) is 2.65. The molecule has 17 heavy (non-hydrogen) atoms. The van der Waals surface area contributed by atoms with Gasteiger partial charge >= 0.3 is 0 Å². The van der Waals surface area contributed by atoms with Crippen molar-refractivity contribution in [2.45, 2.75) is 36.6 Å². The van der Waals surface area contributed by atoms with Crippen molar-refractivity contribution in [3.63, 3.8) is 0 Å². The minimum Gasteiger partial charge on any atom is -0.316 e. The Labute approximate surface area is 106 Å². The number of sulfonamides is 1.